The van der Waals surface area contributed by atoms with E-state index in [1.807, 2.05) is 7.05 Å². The Kier molecular flexibility index (Phi) is 5.90. The number of rotatable bonds is 5. The number of fused-ring (bicyclic) bond motifs is 2. The third-order valence-electron chi connectivity index (χ3n) is 6.72. The monoisotopic (exact) mass is 441 g/mol. The van der Waals surface area contributed by atoms with Crippen molar-refractivity contribution in [1.82, 2.24) is 14.4 Å². The zero-order valence-corrected chi connectivity index (χ0v) is 18.5. The minimum Gasteiger partial charge on any atom is -0.503 e. The van der Waals surface area contributed by atoms with Gasteiger partial charge in [0.2, 0.25) is 5.43 Å². The first-order valence-corrected chi connectivity index (χ1v) is 11.0. The minimum atomic E-state index is -0.822. The molecule has 7 nitrogen and oxygen atoms in total. The zero-order valence-electron chi connectivity index (χ0n) is 18.5. The number of nitrogens with zero attached hydrogens (tertiary/aromatic N) is 3. The average molecular weight is 442 g/mol. The molecule has 1 unspecified atom stereocenters. The molecule has 1 aromatic carbocycles. The summed E-state index contributed by atoms with van der Waals surface area (Å²) < 4.78 is 14.6. The van der Waals surface area contributed by atoms with Gasteiger partial charge in [-0.2, -0.15) is 0 Å². The topological polar surface area (TPSA) is 82.9 Å². The van der Waals surface area contributed by atoms with E-state index in [4.69, 9.17) is 0 Å². The van der Waals surface area contributed by atoms with Gasteiger partial charge >= 0.3 is 0 Å². The van der Waals surface area contributed by atoms with Crippen molar-refractivity contribution in [3.05, 3.63) is 63.3 Å². The number of likely N-dealkylation sites (N-methyl/N-ethyl adjacent to an activating group) is 1. The van der Waals surface area contributed by atoms with Crippen LogP contribution in [-0.2, 0) is 13.0 Å². The van der Waals surface area contributed by atoms with Gasteiger partial charge in [0.15, 0.2) is 17.2 Å². The summed E-state index contributed by atoms with van der Waals surface area (Å²) in [5.74, 6) is -1.42. The Balaban J connectivity index is 1.62. The largest absolute Gasteiger partial charge is 0.503 e. The van der Waals surface area contributed by atoms with E-state index >= 15 is 0 Å². The van der Waals surface area contributed by atoms with Gasteiger partial charge in [0.25, 0.3) is 5.91 Å². The lowest BCUT2D eigenvalue weighted by Crippen LogP contribution is -2.63. The molecule has 8 heteroatoms. The number of Topliss-reactive ketones (excluding diaryl/α,β-unsaturated/α-hetero) is 1. The fourth-order valence-corrected chi connectivity index (χ4v) is 4.91. The van der Waals surface area contributed by atoms with Gasteiger partial charge < -0.3 is 14.6 Å². The molecule has 32 heavy (non-hydrogen) atoms. The number of halogens is 1. The molecule has 3 heterocycles. The number of ketones is 1. The second-order valence-corrected chi connectivity index (χ2v) is 9.02. The molecule has 1 saturated heterocycles. The molecule has 1 N–H and O–H groups in total. The van der Waals surface area contributed by atoms with Crippen molar-refractivity contribution in [3.63, 3.8) is 0 Å². The fourth-order valence-electron chi connectivity index (χ4n) is 4.91. The normalized spacial score (nSPS) is 20.9. The molecule has 2 aliphatic rings. The highest BCUT2D eigenvalue weighted by molar-refractivity contribution is 6.00. The van der Waals surface area contributed by atoms with Crippen LogP contribution in [0.1, 0.15) is 53.1 Å². The molecule has 0 saturated carbocycles. The summed E-state index contributed by atoms with van der Waals surface area (Å²) in [6, 6.07) is 6.15. The summed E-state index contributed by atoms with van der Waals surface area (Å²) in [5, 5.41) is 10.6. The van der Waals surface area contributed by atoms with Crippen molar-refractivity contribution in [2.75, 3.05) is 13.6 Å². The second-order valence-electron chi connectivity index (χ2n) is 9.02. The molecule has 1 amide bonds. The highest BCUT2D eigenvalue weighted by atomic mass is 19.1. The van der Waals surface area contributed by atoms with Gasteiger partial charge in [-0.05, 0) is 43.5 Å². The SMILES string of the molecule is CC(C)[C@H]1CCN2C(=O)c3c(O)c(=O)c(C(=O)CCc4ccc(F)cc4)cn3CC2N1C. The minimum absolute atomic E-state index is 0.0402. The summed E-state index contributed by atoms with van der Waals surface area (Å²) in [7, 11) is 1.98. The molecule has 170 valence electrons. The zero-order chi connectivity index (χ0) is 23.2. The maximum Gasteiger partial charge on any atom is 0.275 e. The third-order valence-corrected chi connectivity index (χ3v) is 6.72. The summed E-state index contributed by atoms with van der Waals surface area (Å²) in [6.07, 6.45) is 2.40. The third kappa shape index (κ3) is 3.83. The molecule has 0 bridgehead atoms. The van der Waals surface area contributed by atoms with Crippen molar-refractivity contribution in [2.24, 2.45) is 5.92 Å². The molecule has 4 rings (SSSR count). The first-order valence-electron chi connectivity index (χ1n) is 11.0. The lowest BCUT2D eigenvalue weighted by Gasteiger charge is -2.50. The number of carbonyl (C=O) groups excluding carboxylic acids is 2. The van der Waals surface area contributed by atoms with Crippen LogP contribution in [-0.4, -0.2) is 57.0 Å². The van der Waals surface area contributed by atoms with Crippen molar-refractivity contribution in [3.8, 4) is 5.75 Å². The van der Waals surface area contributed by atoms with E-state index in [0.717, 1.165) is 12.0 Å². The molecular formula is C24H28FN3O4. The van der Waals surface area contributed by atoms with Crippen LogP contribution in [0.25, 0.3) is 0 Å². The van der Waals surface area contributed by atoms with Gasteiger partial charge in [-0.15, -0.1) is 0 Å². The van der Waals surface area contributed by atoms with Gasteiger partial charge in [-0.3, -0.25) is 19.3 Å². The Bertz CT molecular complexity index is 1110. The molecule has 2 aromatic rings. The molecule has 1 fully saturated rings. The summed E-state index contributed by atoms with van der Waals surface area (Å²) in [5.41, 5.74) is -0.236. The molecular weight excluding hydrogens is 413 g/mol. The van der Waals surface area contributed by atoms with Gasteiger partial charge in [-0.1, -0.05) is 26.0 Å². The Morgan fingerprint density at radius 1 is 1.22 bits per heavy atom. The van der Waals surface area contributed by atoms with Crippen LogP contribution in [0.3, 0.4) is 0 Å². The Morgan fingerprint density at radius 2 is 1.91 bits per heavy atom. The fraction of sp³-hybridized carbons (Fsp3) is 0.458. The number of hydrogen-bond donors (Lipinski definition) is 1. The number of aromatic hydroxyl groups is 1. The number of hydrogen-bond acceptors (Lipinski definition) is 5. The van der Waals surface area contributed by atoms with E-state index in [-0.39, 0.29) is 29.7 Å². The number of amides is 1. The van der Waals surface area contributed by atoms with Crippen LogP contribution in [0.4, 0.5) is 4.39 Å². The maximum absolute atomic E-state index is 13.1. The van der Waals surface area contributed by atoms with Crippen LogP contribution in [0.15, 0.2) is 35.3 Å². The van der Waals surface area contributed by atoms with E-state index in [1.54, 1.807) is 21.6 Å². The van der Waals surface area contributed by atoms with Gasteiger partial charge in [0.05, 0.1) is 12.1 Å². The number of pyridine rings is 1. The molecule has 1 aromatic heterocycles. The Labute approximate surface area is 186 Å². The number of carbonyl (C=O) groups is 2. The Hall–Kier alpha value is -3.00. The van der Waals surface area contributed by atoms with Crippen LogP contribution in [0, 0.1) is 11.7 Å². The summed E-state index contributed by atoms with van der Waals surface area (Å²) in [4.78, 5) is 42.5. The Morgan fingerprint density at radius 3 is 2.56 bits per heavy atom. The van der Waals surface area contributed by atoms with Crippen LogP contribution in [0.5, 0.6) is 5.75 Å². The molecule has 2 aliphatic heterocycles. The average Bonchev–Trinajstić information content (AvgIpc) is 2.76. The van der Waals surface area contributed by atoms with E-state index in [9.17, 15) is 23.9 Å². The summed E-state index contributed by atoms with van der Waals surface area (Å²) in [6.45, 7) is 5.22. The predicted octanol–water partition coefficient (Wildman–Crippen LogP) is 2.65. The number of benzene rings is 1. The van der Waals surface area contributed by atoms with Crippen molar-refractivity contribution >= 4 is 11.7 Å². The quantitative estimate of drug-likeness (QED) is 0.722. The lowest BCUT2D eigenvalue weighted by atomic mass is 9.94. The predicted molar refractivity (Wildman–Crippen MR) is 117 cm³/mol. The molecule has 0 radical (unpaired) electrons. The van der Waals surface area contributed by atoms with Crippen molar-refractivity contribution < 1.29 is 19.1 Å². The summed E-state index contributed by atoms with van der Waals surface area (Å²) >= 11 is 0. The van der Waals surface area contributed by atoms with E-state index in [2.05, 4.69) is 18.7 Å². The van der Waals surface area contributed by atoms with E-state index in [0.29, 0.717) is 31.5 Å². The second kappa shape index (κ2) is 8.50. The lowest BCUT2D eigenvalue weighted by molar-refractivity contribution is -0.0353. The van der Waals surface area contributed by atoms with Crippen LogP contribution in [0.2, 0.25) is 0 Å². The highest BCUT2D eigenvalue weighted by Crippen LogP contribution is 2.31. The van der Waals surface area contributed by atoms with Crippen LogP contribution >= 0.6 is 0 Å². The number of aromatic nitrogens is 1. The first kappa shape index (κ1) is 22.2. The van der Waals surface area contributed by atoms with Gasteiger partial charge in [0.1, 0.15) is 12.0 Å². The standard InChI is InChI=1S/C24H28FN3O4/c1-14(2)18-10-11-28-20(26(18)3)13-27-12-17(22(30)23(31)21(27)24(28)32)19(29)9-6-15-4-7-16(25)8-5-15/h4-5,7-8,12,14,18,20,31H,6,9-11,13H2,1-3H3/t18-,20?/m1/s1. The van der Waals surface area contributed by atoms with Crippen molar-refractivity contribution in [2.45, 2.75) is 51.9 Å². The van der Waals surface area contributed by atoms with Gasteiger partial charge in [-0.25, -0.2) is 4.39 Å². The smallest absolute Gasteiger partial charge is 0.275 e. The molecule has 2 atom stereocenters. The van der Waals surface area contributed by atoms with E-state index in [1.165, 1.54) is 18.3 Å². The van der Waals surface area contributed by atoms with Gasteiger partial charge in [0, 0.05) is 25.2 Å². The molecule has 0 aliphatic carbocycles. The van der Waals surface area contributed by atoms with Crippen LogP contribution < -0.4 is 5.43 Å². The number of aryl methyl sites for hydroxylation is 1. The highest BCUT2D eigenvalue weighted by Gasteiger charge is 2.42. The molecule has 0 spiro atoms. The van der Waals surface area contributed by atoms with E-state index < -0.39 is 22.9 Å². The first-order chi connectivity index (χ1) is 15.2. The maximum atomic E-state index is 13.1. The van der Waals surface area contributed by atoms with Crippen molar-refractivity contribution in [1.29, 1.82) is 0 Å².